The molecule has 0 spiro atoms. The van der Waals surface area contributed by atoms with E-state index >= 15 is 0 Å². The van der Waals surface area contributed by atoms with E-state index in [9.17, 15) is 4.79 Å². The Morgan fingerprint density at radius 1 is 1.23 bits per heavy atom. The molecular weight excluding hydrogens is 394 g/mol. The SMILES string of the molecule is C=CC(=O)Nc1cccc(Nc2nc(Nc3cnn(C)c3)ncc2C2=CCOCC2)c1. The maximum Gasteiger partial charge on any atom is 0.247 e. The smallest absolute Gasteiger partial charge is 0.247 e. The zero-order valence-corrected chi connectivity index (χ0v) is 17.1. The number of ether oxygens (including phenoxy) is 1. The summed E-state index contributed by atoms with van der Waals surface area (Å²) in [6.07, 6.45) is 9.41. The summed E-state index contributed by atoms with van der Waals surface area (Å²) < 4.78 is 7.14. The Balaban J connectivity index is 1.65. The van der Waals surface area contributed by atoms with Gasteiger partial charge in [0, 0.05) is 36.4 Å². The first-order valence-electron chi connectivity index (χ1n) is 9.81. The molecule has 0 saturated heterocycles. The van der Waals surface area contributed by atoms with E-state index in [-0.39, 0.29) is 5.91 Å². The lowest BCUT2D eigenvalue weighted by Crippen LogP contribution is -2.09. The summed E-state index contributed by atoms with van der Waals surface area (Å²) in [5.74, 6) is 0.833. The van der Waals surface area contributed by atoms with Crippen molar-refractivity contribution in [1.29, 1.82) is 0 Å². The van der Waals surface area contributed by atoms with Crippen LogP contribution in [0.25, 0.3) is 5.57 Å². The highest BCUT2D eigenvalue weighted by atomic mass is 16.5. The van der Waals surface area contributed by atoms with Crippen LogP contribution in [-0.4, -0.2) is 38.9 Å². The molecular formula is C22H23N7O2. The van der Waals surface area contributed by atoms with Gasteiger partial charge < -0.3 is 20.7 Å². The standard InChI is InChI=1S/C22H23N7O2/c1-3-20(30)25-16-5-4-6-17(11-16)26-21-19(15-7-9-31-10-8-15)13-23-22(28-21)27-18-12-24-29(2)14-18/h3-7,11-14H,1,8-10H2,2H3,(H,25,30)(H2,23,26,27,28). The molecule has 0 unspecified atom stereocenters. The monoisotopic (exact) mass is 417 g/mol. The van der Waals surface area contributed by atoms with Gasteiger partial charge in [-0.3, -0.25) is 9.48 Å². The van der Waals surface area contributed by atoms with E-state index in [1.54, 1.807) is 17.1 Å². The second kappa shape index (κ2) is 9.23. The molecule has 0 atom stereocenters. The molecule has 1 amide bonds. The minimum atomic E-state index is -0.268. The van der Waals surface area contributed by atoms with E-state index in [1.165, 1.54) is 6.08 Å². The van der Waals surface area contributed by atoms with E-state index in [4.69, 9.17) is 9.72 Å². The number of carbonyl (C=O) groups excluding carboxylic acids is 1. The molecule has 1 aliphatic rings. The number of nitrogens with zero attached hydrogens (tertiary/aromatic N) is 4. The van der Waals surface area contributed by atoms with Crippen molar-refractivity contribution in [3.63, 3.8) is 0 Å². The highest BCUT2D eigenvalue weighted by Crippen LogP contribution is 2.30. The second-order valence-electron chi connectivity index (χ2n) is 6.94. The van der Waals surface area contributed by atoms with Gasteiger partial charge in [0.25, 0.3) is 0 Å². The minimum absolute atomic E-state index is 0.268. The molecule has 0 fully saturated rings. The van der Waals surface area contributed by atoms with Crippen LogP contribution in [0.4, 0.5) is 28.8 Å². The third-order valence-electron chi connectivity index (χ3n) is 4.64. The topological polar surface area (TPSA) is 106 Å². The van der Waals surface area contributed by atoms with Crippen LogP contribution in [-0.2, 0) is 16.6 Å². The third kappa shape index (κ3) is 5.14. The predicted octanol–water partition coefficient (Wildman–Crippen LogP) is 3.63. The highest BCUT2D eigenvalue weighted by Gasteiger charge is 2.15. The van der Waals surface area contributed by atoms with Crippen molar-refractivity contribution < 1.29 is 9.53 Å². The van der Waals surface area contributed by atoms with Gasteiger partial charge in [-0.15, -0.1) is 0 Å². The Hall–Kier alpha value is -3.98. The maximum absolute atomic E-state index is 11.6. The molecule has 0 saturated carbocycles. The molecule has 3 N–H and O–H groups in total. The largest absolute Gasteiger partial charge is 0.377 e. The third-order valence-corrected chi connectivity index (χ3v) is 4.64. The van der Waals surface area contributed by atoms with Crippen molar-refractivity contribution in [3.05, 3.63) is 67.2 Å². The molecule has 31 heavy (non-hydrogen) atoms. The number of rotatable bonds is 7. The lowest BCUT2D eigenvalue weighted by molar-refractivity contribution is -0.111. The second-order valence-corrected chi connectivity index (χ2v) is 6.94. The number of aryl methyl sites for hydroxylation is 1. The molecule has 0 bridgehead atoms. The Morgan fingerprint density at radius 2 is 2.10 bits per heavy atom. The maximum atomic E-state index is 11.6. The van der Waals surface area contributed by atoms with Crippen LogP contribution in [0.15, 0.2) is 61.6 Å². The van der Waals surface area contributed by atoms with Crippen LogP contribution in [0.5, 0.6) is 0 Å². The van der Waals surface area contributed by atoms with Crippen LogP contribution in [0.1, 0.15) is 12.0 Å². The van der Waals surface area contributed by atoms with E-state index in [2.05, 4.69) is 32.6 Å². The molecule has 9 nitrogen and oxygen atoms in total. The summed E-state index contributed by atoms with van der Waals surface area (Å²) in [4.78, 5) is 20.8. The van der Waals surface area contributed by atoms with Crippen LogP contribution in [0.3, 0.4) is 0 Å². The van der Waals surface area contributed by atoms with Crippen molar-refractivity contribution >= 4 is 40.3 Å². The van der Waals surface area contributed by atoms with Gasteiger partial charge in [-0.2, -0.15) is 10.1 Å². The van der Waals surface area contributed by atoms with Gasteiger partial charge in [0.2, 0.25) is 11.9 Å². The zero-order valence-electron chi connectivity index (χ0n) is 17.1. The molecule has 1 aromatic carbocycles. The fraction of sp³-hybridized carbons (Fsp3) is 0.182. The van der Waals surface area contributed by atoms with E-state index < -0.39 is 0 Å². The van der Waals surface area contributed by atoms with Gasteiger partial charge in [0.15, 0.2) is 0 Å². The molecule has 0 radical (unpaired) electrons. The summed E-state index contributed by atoms with van der Waals surface area (Å²) in [6.45, 7) is 4.70. The summed E-state index contributed by atoms with van der Waals surface area (Å²) in [7, 11) is 1.85. The fourth-order valence-corrected chi connectivity index (χ4v) is 3.16. The number of carbonyl (C=O) groups is 1. The quantitative estimate of drug-likeness (QED) is 0.504. The van der Waals surface area contributed by atoms with Crippen molar-refractivity contribution in [2.24, 2.45) is 7.05 Å². The Kier molecular flexibility index (Phi) is 6.04. The first kappa shape index (κ1) is 20.3. The molecule has 1 aliphatic heterocycles. The first-order chi connectivity index (χ1) is 15.1. The molecule has 158 valence electrons. The Bertz CT molecular complexity index is 1140. The van der Waals surface area contributed by atoms with Crippen molar-refractivity contribution in [2.75, 3.05) is 29.2 Å². The summed E-state index contributed by atoms with van der Waals surface area (Å²) in [6, 6.07) is 7.40. The van der Waals surface area contributed by atoms with E-state index in [0.29, 0.717) is 30.7 Å². The van der Waals surface area contributed by atoms with Gasteiger partial charge in [-0.1, -0.05) is 18.7 Å². The number of hydrogen-bond donors (Lipinski definition) is 3. The number of amides is 1. The number of anilines is 5. The lowest BCUT2D eigenvalue weighted by atomic mass is 10.0. The van der Waals surface area contributed by atoms with Crippen LogP contribution < -0.4 is 16.0 Å². The van der Waals surface area contributed by atoms with Crippen LogP contribution in [0.2, 0.25) is 0 Å². The highest BCUT2D eigenvalue weighted by molar-refractivity contribution is 5.99. The average molecular weight is 417 g/mol. The summed E-state index contributed by atoms with van der Waals surface area (Å²) in [5, 5.41) is 13.4. The van der Waals surface area contributed by atoms with Gasteiger partial charge >= 0.3 is 0 Å². The Morgan fingerprint density at radius 3 is 2.84 bits per heavy atom. The molecule has 4 rings (SSSR count). The molecule has 0 aliphatic carbocycles. The van der Waals surface area contributed by atoms with E-state index in [1.807, 2.05) is 43.6 Å². The summed E-state index contributed by atoms with van der Waals surface area (Å²) >= 11 is 0. The normalized spacial score (nSPS) is 13.3. The van der Waals surface area contributed by atoms with Crippen molar-refractivity contribution in [2.45, 2.75) is 6.42 Å². The fourth-order valence-electron chi connectivity index (χ4n) is 3.16. The molecule has 9 heteroatoms. The van der Waals surface area contributed by atoms with Gasteiger partial charge in [-0.25, -0.2) is 4.98 Å². The Labute approximate surface area is 179 Å². The van der Waals surface area contributed by atoms with Gasteiger partial charge in [0.1, 0.15) is 5.82 Å². The molecule has 2 aromatic heterocycles. The van der Waals surface area contributed by atoms with Gasteiger partial charge in [0.05, 0.1) is 25.1 Å². The number of aromatic nitrogens is 4. The predicted molar refractivity (Wildman–Crippen MR) is 120 cm³/mol. The molecule has 3 aromatic rings. The number of benzene rings is 1. The number of hydrogen-bond acceptors (Lipinski definition) is 7. The van der Waals surface area contributed by atoms with Crippen LogP contribution in [0, 0.1) is 0 Å². The van der Waals surface area contributed by atoms with Crippen LogP contribution >= 0.6 is 0 Å². The summed E-state index contributed by atoms with van der Waals surface area (Å²) in [5.41, 5.74) is 4.25. The average Bonchev–Trinajstić information content (AvgIpc) is 3.19. The van der Waals surface area contributed by atoms with Crippen molar-refractivity contribution in [1.82, 2.24) is 19.7 Å². The number of nitrogens with one attached hydrogen (secondary N) is 3. The lowest BCUT2D eigenvalue weighted by Gasteiger charge is -2.18. The van der Waals surface area contributed by atoms with Gasteiger partial charge in [-0.05, 0) is 36.3 Å². The van der Waals surface area contributed by atoms with Crippen molar-refractivity contribution in [3.8, 4) is 0 Å². The van der Waals surface area contributed by atoms with E-state index in [0.717, 1.165) is 28.9 Å². The first-order valence-corrected chi connectivity index (χ1v) is 9.81. The molecule has 3 heterocycles. The minimum Gasteiger partial charge on any atom is -0.377 e. The zero-order chi connectivity index (χ0) is 21.6.